The molecule has 20 heavy (non-hydrogen) atoms. The molecule has 0 amide bonds. The topological polar surface area (TPSA) is 0 Å². The lowest BCUT2D eigenvalue weighted by molar-refractivity contribution is 0.457. The summed E-state index contributed by atoms with van der Waals surface area (Å²) in [7, 11) is -1.18. The lowest BCUT2D eigenvalue weighted by atomic mass is 10.0. The Kier molecular flexibility index (Phi) is 6.83. The molecule has 1 aromatic carbocycles. The van der Waals surface area contributed by atoms with Gasteiger partial charge in [0.25, 0.3) is 0 Å². The fourth-order valence-corrected chi connectivity index (χ4v) is 9.87. The Balaban J connectivity index is 2.06. The summed E-state index contributed by atoms with van der Waals surface area (Å²) >= 11 is 3.62. The SMILES string of the molecule is CCCCC[Si]1(c2ccccc2)CCC(CCBr)CC1. The van der Waals surface area contributed by atoms with Crippen molar-refractivity contribution in [2.45, 2.75) is 63.6 Å². The second kappa shape index (κ2) is 8.38. The van der Waals surface area contributed by atoms with Crippen LogP contribution in [0, 0.1) is 5.92 Å². The maximum absolute atomic E-state index is 3.62. The van der Waals surface area contributed by atoms with Crippen molar-refractivity contribution in [1.82, 2.24) is 0 Å². The summed E-state index contributed by atoms with van der Waals surface area (Å²) in [6.45, 7) is 2.32. The normalized spacial score (nSPS) is 26.6. The van der Waals surface area contributed by atoms with Crippen LogP contribution in [0.25, 0.3) is 0 Å². The van der Waals surface area contributed by atoms with E-state index in [0.717, 1.165) is 5.92 Å². The molecule has 2 rings (SSSR count). The van der Waals surface area contributed by atoms with E-state index < -0.39 is 8.07 Å². The van der Waals surface area contributed by atoms with E-state index in [4.69, 9.17) is 0 Å². The van der Waals surface area contributed by atoms with Gasteiger partial charge in [-0.05, 0) is 12.3 Å². The van der Waals surface area contributed by atoms with Crippen LogP contribution < -0.4 is 5.19 Å². The lowest BCUT2D eigenvalue weighted by Gasteiger charge is -2.39. The predicted molar refractivity (Wildman–Crippen MR) is 96.9 cm³/mol. The number of benzene rings is 1. The summed E-state index contributed by atoms with van der Waals surface area (Å²) in [5.41, 5.74) is 0. The second-order valence-corrected chi connectivity index (χ2v) is 12.0. The molecule has 1 fully saturated rings. The molecule has 1 saturated heterocycles. The maximum atomic E-state index is 3.62. The van der Waals surface area contributed by atoms with Crippen molar-refractivity contribution < 1.29 is 0 Å². The highest BCUT2D eigenvalue weighted by atomic mass is 79.9. The van der Waals surface area contributed by atoms with Gasteiger partial charge >= 0.3 is 0 Å². The largest absolute Gasteiger partial charge is 0.0928 e. The molecule has 0 atom stereocenters. The molecule has 112 valence electrons. The van der Waals surface area contributed by atoms with E-state index in [1.807, 2.05) is 0 Å². The van der Waals surface area contributed by atoms with Crippen LogP contribution in [0.2, 0.25) is 18.1 Å². The van der Waals surface area contributed by atoms with Crippen LogP contribution in [0.5, 0.6) is 0 Å². The summed E-state index contributed by atoms with van der Waals surface area (Å²) in [6, 6.07) is 16.2. The van der Waals surface area contributed by atoms with Crippen molar-refractivity contribution in [1.29, 1.82) is 0 Å². The Hall–Kier alpha value is -0.0831. The van der Waals surface area contributed by atoms with Crippen molar-refractivity contribution in [2.75, 3.05) is 5.33 Å². The molecule has 1 aliphatic rings. The molecule has 1 heterocycles. The molecular weight excluding hydrogens is 324 g/mol. The number of rotatable bonds is 7. The molecular formula is C18H29BrSi. The maximum Gasteiger partial charge on any atom is 0.0867 e. The quantitative estimate of drug-likeness (QED) is 0.334. The molecule has 0 unspecified atom stereocenters. The summed E-state index contributed by atoms with van der Waals surface area (Å²) < 4.78 is 0. The number of unbranched alkanes of at least 4 members (excludes halogenated alkanes) is 2. The minimum Gasteiger partial charge on any atom is -0.0928 e. The van der Waals surface area contributed by atoms with Crippen molar-refractivity contribution >= 4 is 29.2 Å². The first-order chi connectivity index (χ1) is 9.80. The van der Waals surface area contributed by atoms with Crippen LogP contribution in [0.4, 0.5) is 0 Å². The summed E-state index contributed by atoms with van der Waals surface area (Å²) in [6.07, 6.45) is 8.59. The van der Waals surface area contributed by atoms with Gasteiger partial charge in [-0.25, -0.2) is 0 Å². The van der Waals surface area contributed by atoms with Gasteiger partial charge in [0.2, 0.25) is 0 Å². The average molecular weight is 353 g/mol. The standard InChI is InChI=1S/C18H29BrSi/c1-2-3-7-14-20(18-8-5-4-6-9-18)15-11-17(10-13-19)12-16-20/h4-6,8-9,17H,2-3,7,10-16H2,1H3. The first kappa shape index (κ1) is 16.3. The lowest BCUT2D eigenvalue weighted by Crippen LogP contribution is -2.50. The highest BCUT2D eigenvalue weighted by molar-refractivity contribution is 9.09. The first-order valence-corrected chi connectivity index (χ1v) is 12.2. The third-order valence-corrected chi connectivity index (χ3v) is 11.0. The molecule has 0 saturated carbocycles. The zero-order valence-electron chi connectivity index (χ0n) is 12.9. The van der Waals surface area contributed by atoms with Gasteiger partial charge in [-0.15, -0.1) is 0 Å². The number of alkyl halides is 1. The molecule has 2 heteroatoms. The fourth-order valence-electron chi connectivity index (χ4n) is 3.86. The molecule has 0 aromatic heterocycles. The number of hydrogen-bond acceptors (Lipinski definition) is 0. The molecule has 0 aliphatic carbocycles. The molecule has 0 bridgehead atoms. The van der Waals surface area contributed by atoms with E-state index in [2.05, 4.69) is 53.2 Å². The zero-order chi connectivity index (χ0) is 14.3. The van der Waals surface area contributed by atoms with Crippen molar-refractivity contribution in [3.8, 4) is 0 Å². The zero-order valence-corrected chi connectivity index (χ0v) is 15.5. The third-order valence-electron chi connectivity index (χ3n) is 5.22. The molecule has 1 aromatic rings. The molecule has 0 nitrogen and oxygen atoms in total. The van der Waals surface area contributed by atoms with E-state index in [9.17, 15) is 0 Å². The van der Waals surface area contributed by atoms with Crippen LogP contribution in [0.1, 0.15) is 45.4 Å². The van der Waals surface area contributed by atoms with E-state index in [-0.39, 0.29) is 0 Å². The second-order valence-electron chi connectivity index (χ2n) is 6.52. The highest BCUT2D eigenvalue weighted by Gasteiger charge is 2.37. The summed E-state index contributed by atoms with van der Waals surface area (Å²) in [5, 5.41) is 2.93. The van der Waals surface area contributed by atoms with Gasteiger partial charge in [0.1, 0.15) is 0 Å². The third kappa shape index (κ3) is 4.21. The summed E-state index contributed by atoms with van der Waals surface area (Å²) in [5.74, 6) is 0.991. The monoisotopic (exact) mass is 352 g/mol. The fraction of sp³-hybridized carbons (Fsp3) is 0.667. The van der Waals surface area contributed by atoms with Crippen molar-refractivity contribution in [3.63, 3.8) is 0 Å². The van der Waals surface area contributed by atoms with Crippen LogP contribution in [0.3, 0.4) is 0 Å². The molecule has 0 spiro atoms. The Morgan fingerprint density at radius 1 is 1.10 bits per heavy atom. The number of hydrogen-bond donors (Lipinski definition) is 0. The summed E-state index contributed by atoms with van der Waals surface area (Å²) in [4.78, 5) is 0. The van der Waals surface area contributed by atoms with E-state index in [1.165, 1.54) is 49.9 Å². The van der Waals surface area contributed by atoms with E-state index in [1.54, 1.807) is 17.3 Å². The van der Waals surface area contributed by atoms with Crippen LogP contribution >= 0.6 is 15.9 Å². The smallest absolute Gasteiger partial charge is 0.0867 e. The van der Waals surface area contributed by atoms with Crippen molar-refractivity contribution in [2.24, 2.45) is 5.92 Å². The van der Waals surface area contributed by atoms with Gasteiger partial charge in [-0.3, -0.25) is 0 Å². The Bertz CT molecular complexity index is 368. The van der Waals surface area contributed by atoms with Crippen LogP contribution in [-0.4, -0.2) is 13.4 Å². The molecule has 0 N–H and O–H groups in total. The minimum atomic E-state index is -1.18. The Morgan fingerprint density at radius 2 is 1.80 bits per heavy atom. The number of halogens is 1. The van der Waals surface area contributed by atoms with Crippen LogP contribution in [-0.2, 0) is 0 Å². The van der Waals surface area contributed by atoms with E-state index >= 15 is 0 Å². The van der Waals surface area contributed by atoms with E-state index in [0.29, 0.717) is 0 Å². The van der Waals surface area contributed by atoms with Gasteiger partial charge in [0.05, 0.1) is 8.07 Å². The Morgan fingerprint density at radius 3 is 2.40 bits per heavy atom. The Labute approximate surface area is 134 Å². The van der Waals surface area contributed by atoms with Gasteiger partial charge < -0.3 is 0 Å². The predicted octanol–water partition coefficient (Wildman–Crippen LogP) is 5.73. The molecule has 1 aliphatic heterocycles. The van der Waals surface area contributed by atoms with Crippen LogP contribution in [0.15, 0.2) is 30.3 Å². The molecule has 0 radical (unpaired) electrons. The first-order valence-electron chi connectivity index (χ1n) is 8.42. The van der Waals surface area contributed by atoms with Gasteiger partial charge in [0.15, 0.2) is 0 Å². The van der Waals surface area contributed by atoms with Gasteiger partial charge in [-0.1, -0.05) is 109 Å². The van der Waals surface area contributed by atoms with Crippen molar-refractivity contribution in [3.05, 3.63) is 30.3 Å². The van der Waals surface area contributed by atoms with Gasteiger partial charge in [0, 0.05) is 5.33 Å². The highest BCUT2D eigenvalue weighted by Crippen LogP contribution is 2.37. The average Bonchev–Trinajstić information content (AvgIpc) is 2.51. The minimum absolute atomic E-state index is 0.991. The van der Waals surface area contributed by atoms with Gasteiger partial charge in [-0.2, -0.15) is 0 Å².